The summed E-state index contributed by atoms with van der Waals surface area (Å²) < 4.78 is 0. The lowest BCUT2D eigenvalue weighted by Crippen LogP contribution is -2.47. The molecule has 0 aromatic carbocycles. The second kappa shape index (κ2) is 3.47. The maximum absolute atomic E-state index is 11.6. The smallest absolute Gasteiger partial charge is 0.225 e. The average Bonchev–Trinajstić information content (AvgIpc) is 2.75. The molecule has 1 aromatic rings. The van der Waals surface area contributed by atoms with Crippen LogP contribution in [0.25, 0.3) is 0 Å². The summed E-state index contributed by atoms with van der Waals surface area (Å²) in [6, 6.07) is 4.49. The molecule has 0 spiro atoms. The SMILES string of the molecule is CC(=O)N1C[C@@H]2CCCN2c2cccnc21. The molecule has 1 saturated heterocycles. The van der Waals surface area contributed by atoms with Crippen LogP contribution in [-0.4, -0.2) is 30.0 Å². The number of carbonyl (C=O) groups is 1. The second-order valence-corrected chi connectivity index (χ2v) is 4.47. The van der Waals surface area contributed by atoms with E-state index in [1.807, 2.05) is 11.0 Å². The molecule has 0 aliphatic carbocycles. The Labute approximate surface area is 94.9 Å². The molecule has 0 saturated carbocycles. The molecule has 2 aliphatic heterocycles. The number of aromatic nitrogens is 1. The zero-order chi connectivity index (χ0) is 11.1. The molecule has 0 bridgehead atoms. The first-order chi connectivity index (χ1) is 7.77. The molecular formula is C12H15N3O. The summed E-state index contributed by atoms with van der Waals surface area (Å²) in [6.45, 7) is 3.50. The van der Waals surface area contributed by atoms with Crippen molar-refractivity contribution in [1.29, 1.82) is 0 Å². The number of fused-ring (bicyclic) bond motifs is 3. The highest BCUT2D eigenvalue weighted by Gasteiger charge is 2.35. The van der Waals surface area contributed by atoms with Gasteiger partial charge in [-0.3, -0.25) is 9.69 Å². The van der Waals surface area contributed by atoms with Gasteiger partial charge in [-0.05, 0) is 25.0 Å². The first-order valence-electron chi connectivity index (χ1n) is 5.77. The fourth-order valence-electron chi connectivity index (χ4n) is 2.74. The van der Waals surface area contributed by atoms with E-state index in [1.165, 1.54) is 12.8 Å². The van der Waals surface area contributed by atoms with Crippen LogP contribution in [-0.2, 0) is 4.79 Å². The number of amides is 1. The predicted octanol–water partition coefficient (Wildman–Crippen LogP) is 1.42. The number of pyridine rings is 1. The van der Waals surface area contributed by atoms with Gasteiger partial charge in [0, 0.05) is 32.3 Å². The van der Waals surface area contributed by atoms with Crippen LogP contribution in [0.1, 0.15) is 19.8 Å². The number of anilines is 2. The van der Waals surface area contributed by atoms with E-state index in [1.54, 1.807) is 13.1 Å². The van der Waals surface area contributed by atoms with Crippen molar-refractivity contribution >= 4 is 17.4 Å². The number of nitrogens with zero attached hydrogens (tertiary/aromatic N) is 3. The van der Waals surface area contributed by atoms with Crippen LogP contribution in [0.3, 0.4) is 0 Å². The average molecular weight is 217 g/mol. The minimum atomic E-state index is 0.0894. The molecule has 84 valence electrons. The molecule has 0 N–H and O–H groups in total. The van der Waals surface area contributed by atoms with Crippen LogP contribution in [0, 0.1) is 0 Å². The monoisotopic (exact) mass is 217 g/mol. The number of carbonyl (C=O) groups excluding carboxylic acids is 1. The minimum absolute atomic E-state index is 0.0894. The van der Waals surface area contributed by atoms with Crippen LogP contribution in [0.2, 0.25) is 0 Å². The van der Waals surface area contributed by atoms with Crippen molar-refractivity contribution < 1.29 is 4.79 Å². The fourth-order valence-corrected chi connectivity index (χ4v) is 2.74. The summed E-state index contributed by atoms with van der Waals surface area (Å²) in [5.74, 6) is 0.916. The molecule has 1 amide bonds. The van der Waals surface area contributed by atoms with Gasteiger partial charge >= 0.3 is 0 Å². The molecule has 1 aromatic heterocycles. The van der Waals surface area contributed by atoms with Crippen LogP contribution in [0.5, 0.6) is 0 Å². The predicted molar refractivity (Wildman–Crippen MR) is 62.6 cm³/mol. The standard InChI is InChI=1S/C12H15N3O/c1-9(16)15-8-10-4-3-7-14(10)11-5-2-6-13-12(11)15/h2,5-6,10H,3-4,7-8H2,1H3/t10-/m0/s1. The molecule has 1 fully saturated rings. The van der Waals surface area contributed by atoms with Crippen molar-refractivity contribution in [2.24, 2.45) is 0 Å². The topological polar surface area (TPSA) is 36.4 Å². The third-order valence-corrected chi connectivity index (χ3v) is 3.48. The molecule has 3 heterocycles. The van der Waals surface area contributed by atoms with E-state index in [0.717, 1.165) is 24.6 Å². The van der Waals surface area contributed by atoms with E-state index in [9.17, 15) is 4.79 Å². The molecule has 16 heavy (non-hydrogen) atoms. The van der Waals surface area contributed by atoms with Gasteiger partial charge < -0.3 is 4.90 Å². The summed E-state index contributed by atoms with van der Waals surface area (Å²) in [5.41, 5.74) is 1.12. The molecule has 0 radical (unpaired) electrons. The Morgan fingerprint density at radius 1 is 1.56 bits per heavy atom. The highest BCUT2D eigenvalue weighted by molar-refractivity contribution is 5.95. The Balaban J connectivity index is 2.09. The number of hydrogen-bond donors (Lipinski definition) is 0. The van der Waals surface area contributed by atoms with Gasteiger partial charge in [-0.1, -0.05) is 0 Å². The van der Waals surface area contributed by atoms with E-state index >= 15 is 0 Å². The first-order valence-corrected chi connectivity index (χ1v) is 5.77. The van der Waals surface area contributed by atoms with Gasteiger partial charge in [-0.15, -0.1) is 0 Å². The van der Waals surface area contributed by atoms with Gasteiger partial charge in [0.15, 0.2) is 5.82 Å². The normalized spacial score (nSPS) is 22.9. The van der Waals surface area contributed by atoms with Crippen molar-refractivity contribution in [1.82, 2.24) is 4.98 Å². The maximum Gasteiger partial charge on any atom is 0.225 e. The molecule has 4 heteroatoms. The summed E-state index contributed by atoms with van der Waals surface area (Å²) in [4.78, 5) is 20.2. The lowest BCUT2D eigenvalue weighted by Gasteiger charge is -2.38. The van der Waals surface area contributed by atoms with Gasteiger partial charge in [0.05, 0.1) is 5.69 Å². The Morgan fingerprint density at radius 2 is 2.44 bits per heavy atom. The van der Waals surface area contributed by atoms with Crippen molar-refractivity contribution in [3.63, 3.8) is 0 Å². The van der Waals surface area contributed by atoms with Crippen LogP contribution < -0.4 is 9.80 Å². The van der Waals surface area contributed by atoms with E-state index in [2.05, 4.69) is 16.0 Å². The second-order valence-electron chi connectivity index (χ2n) is 4.47. The highest BCUT2D eigenvalue weighted by Crippen LogP contribution is 2.37. The lowest BCUT2D eigenvalue weighted by atomic mass is 10.1. The van der Waals surface area contributed by atoms with Crippen LogP contribution in [0.15, 0.2) is 18.3 Å². The van der Waals surface area contributed by atoms with E-state index in [-0.39, 0.29) is 5.91 Å². The lowest BCUT2D eigenvalue weighted by molar-refractivity contribution is -0.116. The van der Waals surface area contributed by atoms with Crippen molar-refractivity contribution in [3.05, 3.63) is 18.3 Å². The van der Waals surface area contributed by atoms with Crippen LogP contribution >= 0.6 is 0 Å². The first kappa shape index (κ1) is 9.63. The fraction of sp³-hybridized carbons (Fsp3) is 0.500. The summed E-state index contributed by atoms with van der Waals surface area (Å²) in [6.07, 6.45) is 4.15. The third kappa shape index (κ3) is 1.29. The number of hydrogen-bond acceptors (Lipinski definition) is 3. The largest absolute Gasteiger partial charge is 0.364 e. The van der Waals surface area contributed by atoms with Gasteiger partial charge in [0.2, 0.25) is 5.91 Å². The minimum Gasteiger partial charge on any atom is -0.364 e. The summed E-state index contributed by atoms with van der Waals surface area (Å²) in [7, 11) is 0. The quantitative estimate of drug-likeness (QED) is 0.659. The molecular weight excluding hydrogens is 202 g/mol. The summed E-state index contributed by atoms with van der Waals surface area (Å²) >= 11 is 0. The van der Waals surface area contributed by atoms with E-state index in [4.69, 9.17) is 0 Å². The van der Waals surface area contributed by atoms with E-state index < -0.39 is 0 Å². The van der Waals surface area contributed by atoms with Gasteiger partial charge in [-0.25, -0.2) is 4.98 Å². The Hall–Kier alpha value is -1.58. The maximum atomic E-state index is 11.6. The summed E-state index contributed by atoms with van der Waals surface area (Å²) in [5, 5.41) is 0. The van der Waals surface area contributed by atoms with E-state index in [0.29, 0.717) is 6.04 Å². The Morgan fingerprint density at radius 3 is 3.25 bits per heavy atom. The molecule has 0 unspecified atom stereocenters. The molecule has 1 atom stereocenters. The van der Waals surface area contributed by atoms with Gasteiger partial charge in [-0.2, -0.15) is 0 Å². The van der Waals surface area contributed by atoms with Gasteiger partial charge in [0.25, 0.3) is 0 Å². The van der Waals surface area contributed by atoms with Gasteiger partial charge in [0.1, 0.15) is 0 Å². The number of rotatable bonds is 0. The third-order valence-electron chi connectivity index (χ3n) is 3.48. The Bertz CT molecular complexity index is 432. The zero-order valence-electron chi connectivity index (χ0n) is 9.39. The molecule has 4 nitrogen and oxygen atoms in total. The van der Waals surface area contributed by atoms with Crippen molar-refractivity contribution in [2.75, 3.05) is 22.9 Å². The van der Waals surface area contributed by atoms with Crippen LogP contribution in [0.4, 0.5) is 11.5 Å². The Kier molecular flexibility index (Phi) is 2.09. The molecule has 2 aliphatic rings. The highest BCUT2D eigenvalue weighted by atomic mass is 16.2. The van der Waals surface area contributed by atoms with Crippen molar-refractivity contribution in [2.45, 2.75) is 25.8 Å². The van der Waals surface area contributed by atoms with Crippen molar-refractivity contribution in [3.8, 4) is 0 Å². The zero-order valence-corrected chi connectivity index (χ0v) is 9.39. The molecule has 3 rings (SSSR count).